The number of carbonyl (C=O) groups excluding carboxylic acids is 1. The molecule has 0 bridgehead atoms. The van der Waals surface area contributed by atoms with Gasteiger partial charge in [0.25, 0.3) is 5.56 Å². The highest BCUT2D eigenvalue weighted by Gasteiger charge is 2.39. The molecule has 186 valence electrons. The molecule has 0 unspecified atom stereocenters. The summed E-state index contributed by atoms with van der Waals surface area (Å²) in [5.74, 6) is 0.287. The summed E-state index contributed by atoms with van der Waals surface area (Å²) in [7, 11) is 0. The zero-order chi connectivity index (χ0) is 24.6. The van der Waals surface area contributed by atoms with Crippen LogP contribution in [0, 0.1) is 5.92 Å². The van der Waals surface area contributed by atoms with E-state index in [4.69, 9.17) is 0 Å². The maximum Gasteiger partial charge on any atom is 0.262 e. The molecule has 2 fully saturated rings. The topological polar surface area (TPSA) is 92.4 Å². The summed E-state index contributed by atoms with van der Waals surface area (Å²) in [4.78, 5) is 33.0. The number of carbonyl (C=O) groups is 1. The van der Waals surface area contributed by atoms with Crippen molar-refractivity contribution >= 4 is 16.9 Å². The lowest BCUT2D eigenvalue weighted by Crippen LogP contribution is -2.52. The van der Waals surface area contributed by atoms with Crippen molar-refractivity contribution in [2.45, 2.75) is 57.2 Å². The van der Waals surface area contributed by atoms with Crippen molar-refractivity contribution in [3.63, 3.8) is 0 Å². The molecular weight excluding hydrogens is 442 g/mol. The predicted molar refractivity (Wildman–Crippen MR) is 135 cm³/mol. The van der Waals surface area contributed by atoms with Gasteiger partial charge in [-0.3, -0.25) is 14.2 Å². The molecule has 4 heterocycles. The molecule has 3 aromatic rings. The van der Waals surface area contributed by atoms with E-state index < -0.39 is 5.60 Å². The second-order valence-corrected chi connectivity index (χ2v) is 10.4. The zero-order valence-corrected chi connectivity index (χ0v) is 20.6. The second-order valence-electron chi connectivity index (χ2n) is 10.4. The van der Waals surface area contributed by atoms with Crippen LogP contribution in [0.25, 0.3) is 11.0 Å². The first kappa shape index (κ1) is 23.8. The molecule has 2 aliphatic rings. The lowest BCUT2D eigenvalue weighted by Gasteiger charge is -2.41. The fourth-order valence-corrected chi connectivity index (χ4v) is 5.66. The van der Waals surface area contributed by atoms with E-state index in [-0.39, 0.29) is 35.9 Å². The van der Waals surface area contributed by atoms with Crippen molar-refractivity contribution < 1.29 is 9.90 Å². The molecule has 0 aliphatic carbocycles. The minimum atomic E-state index is -1.04. The van der Waals surface area contributed by atoms with E-state index in [9.17, 15) is 14.7 Å². The Bertz CT molecular complexity index is 1240. The third kappa shape index (κ3) is 4.65. The Morgan fingerprint density at radius 1 is 1.20 bits per heavy atom. The third-order valence-electron chi connectivity index (χ3n) is 7.75. The average Bonchev–Trinajstić information content (AvgIpc) is 3.32. The van der Waals surface area contributed by atoms with Gasteiger partial charge in [-0.15, -0.1) is 0 Å². The normalized spacial score (nSPS) is 22.6. The smallest absolute Gasteiger partial charge is 0.262 e. The van der Waals surface area contributed by atoms with Crippen LogP contribution in [0.4, 0.5) is 0 Å². The number of piperidine rings is 2. The van der Waals surface area contributed by atoms with Crippen LogP contribution in [0.5, 0.6) is 0 Å². The number of amides is 1. The fraction of sp³-hybridized carbons (Fsp3) is 0.519. The van der Waals surface area contributed by atoms with Crippen LogP contribution >= 0.6 is 0 Å². The van der Waals surface area contributed by atoms with Gasteiger partial charge in [0.1, 0.15) is 12.0 Å². The van der Waals surface area contributed by atoms with Crippen molar-refractivity contribution in [3.05, 3.63) is 64.8 Å². The molecule has 2 aromatic heterocycles. The summed E-state index contributed by atoms with van der Waals surface area (Å²) >= 11 is 0. The summed E-state index contributed by atoms with van der Waals surface area (Å²) in [5, 5.41) is 15.3. The Hall–Kier alpha value is -2.97. The van der Waals surface area contributed by atoms with Gasteiger partial charge in [0, 0.05) is 43.7 Å². The van der Waals surface area contributed by atoms with Crippen molar-refractivity contribution in [1.29, 1.82) is 0 Å². The monoisotopic (exact) mass is 477 g/mol. The van der Waals surface area contributed by atoms with Crippen molar-refractivity contribution in [3.8, 4) is 0 Å². The van der Waals surface area contributed by atoms with Crippen LogP contribution in [0.2, 0.25) is 0 Å². The molecule has 35 heavy (non-hydrogen) atoms. The standard InChI is InChI=1S/C27H35N5O3/c1-19(2)32-13-9-22-24(32)29-18-31(26(22)34)17-27(35)10-14-30(15-11-27)25(33)21-8-12-28-16-23(21)20-6-4-3-5-7-20/h3-7,9,13,18-19,21,23,28,35H,8,10-12,14-17H2,1-2H3/t21-,23+/m1/s1. The minimum absolute atomic E-state index is 0.0518. The van der Waals surface area contributed by atoms with E-state index in [1.165, 1.54) is 10.1 Å². The summed E-state index contributed by atoms with van der Waals surface area (Å²) in [6, 6.07) is 12.3. The Kier molecular flexibility index (Phi) is 6.51. The van der Waals surface area contributed by atoms with Gasteiger partial charge in [0.2, 0.25) is 5.91 Å². The first-order valence-corrected chi connectivity index (χ1v) is 12.7. The van der Waals surface area contributed by atoms with Crippen LogP contribution in [0.3, 0.4) is 0 Å². The fourth-order valence-electron chi connectivity index (χ4n) is 5.66. The number of hydrogen-bond acceptors (Lipinski definition) is 5. The largest absolute Gasteiger partial charge is 0.388 e. The zero-order valence-electron chi connectivity index (χ0n) is 20.6. The molecule has 5 rings (SSSR count). The molecule has 2 aliphatic heterocycles. The van der Waals surface area contributed by atoms with Crippen molar-refractivity contribution in [1.82, 2.24) is 24.3 Å². The lowest BCUT2D eigenvalue weighted by molar-refractivity contribution is -0.141. The first-order chi connectivity index (χ1) is 16.9. The highest BCUT2D eigenvalue weighted by Crippen LogP contribution is 2.33. The summed E-state index contributed by atoms with van der Waals surface area (Å²) in [5.41, 5.74) is 0.689. The summed E-state index contributed by atoms with van der Waals surface area (Å²) in [6.45, 7) is 6.92. The first-order valence-electron chi connectivity index (χ1n) is 12.7. The van der Waals surface area contributed by atoms with Crippen LogP contribution in [-0.4, -0.2) is 61.8 Å². The molecule has 0 saturated carbocycles. The summed E-state index contributed by atoms with van der Waals surface area (Å²) < 4.78 is 3.49. The number of likely N-dealkylation sites (tertiary alicyclic amines) is 1. The molecule has 2 N–H and O–H groups in total. The molecule has 1 aromatic carbocycles. The van der Waals surface area contributed by atoms with E-state index >= 15 is 0 Å². The number of rotatable bonds is 5. The second kappa shape index (κ2) is 9.59. The maximum atomic E-state index is 13.5. The highest BCUT2D eigenvalue weighted by molar-refractivity contribution is 5.80. The number of benzene rings is 1. The van der Waals surface area contributed by atoms with Gasteiger partial charge in [-0.2, -0.15) is 0 Å². The minimum Gasteiger partial charge on any atom is -0.388 e. The van der Waals surface area contributed by atoms with E-state index in [1.807, 2.05) is 33.9 Å². The van der Waals surface area contributed by atoms with Gasteiger partial charge < -0.3 is 19.9 Å². The molecule has 0 spiro atoms. The SMILES string of the molecule is CC(C)n1ccc2c(=O)n(CC3(O)CCN(C(=O)[C@@H]4CCNC[C@H]4c4ccccc4)CC3)cnc21. The Morgan fingerprint density at radius 3 is 2.66 bits per heavy atom. The van der Waals surface area contributed by atoms with Gasteiger partial charge in [-0.05, 0) is 51.3 Å². The van der Waals surface area contributed by atoms with Gasteiger partial charge in [0.05, 0.1) is 17.5 Å². The Balaban J connectivity index is 1.27. The van der Waals surface area contributed by atoms with Crippen LogP contribution in [-0.2, 0) is 11.3 Å². The van der Waals surface area contributed by atoms with Crippen molar-refractivity contribution in [2.75, 3.05) is 26.2 Å². The van der Waals surface area contributed by atoms with Gasteiger partial charge in [-0.25, -0.2) is 4.98 Å². The van der Waals surface area contributed by atoms with Gasteiger partial charge in [-0.1, -0.05) is 30.3 Å². The molecule has 0 radical (unpaired) electrons. The summed E-state index contributed by atoms with van der Waals surface area (Å²) in [6.07, 6.45) is 5.12. The van der Waals surface area contributed by atoms with Crippen LogP contribution < -0.4 is 10.9 Å². The number of aliphatic hydroxyl groups is 1. The quantitative estimate of drug-likeness (QED) is 0.589. The van der Waals surface area contributed by atoms with Crippen LogP contribution in [0.1, 0.15) is 50.6 Å². The molecule has 2 saturated heterocycles. The van der Waals surface area contributed by atoms with Crippen LogP contribution in [0.15, 0.2) is 53.7 Å². The maximum absolute atomic E-state index is 13.5. The number of aromatic nitrogens is 3. The van der Waals surface area contributed by atoms with E-state index in [0.29, 0.717) is 37.0 Å². The number of fused-ring (bicyclic) bond motifs is 1. The Labute approximate surface area is 205 Å². The molecule has 2 atom stereocenters. The molecular formula is C27H35N5O3. The number of hydrogen-bond donors (Lipinski definition) is 2. The molecule has 8 nitrogen and oxygen atoms in total. The van der Waals surface area contributed by atoms with E-state index in [1.54, 1.807) is 12.4 Å². The predicted octanol–water partition coefficient (Wildman–Crippen LogP) is 2.53. The van der Waals surface area contributed by atoms with Crippen molar-refractivity contribution in [2.24, 2.45) is 5.92 Å². The van der Waals surface area contributed by atoms with Gasteiger partial charge >= 0.3 is 0 Å². The lowest BCUT2D eigenvalue weighted by atomic mass is 9.80. The molecule has 1 amide bonds. The third-order valence-corrected chi connectivity index (χ3v) is 7.75. The average molecular weight is 478 g/mol. The van der Waals surface area contributed by atoms with Gasteiger partial charge in [0.15, 0.2) is 0 Å². The van der Waals surface area contributed by atoms with E-state index in [2.05, 4.69) is 36.3 Å². The Morgan fingerprint density at radius 2 is 1.94 bits per heavy atom. The number of nitrogens with one attached hydrogen (secondary N) is 1. The molecule has 8 heteroatoms. The van der Waals surface area contributed by atoms with E-state index in [0.717, 1.165) is 19.5 Å². The number of nitrogens with zero attached hydrogens (tertiary/aromatic N) is 4. The highest BCUT2D eigenvalue weighted by atomic mass is 16.3.